The Kier molecular flexibility index (Phi) is 9.34. The maximum absolute atomic E-state index is 5.60. The molecule has 0 spiro atoms. The van der Waals surface area contributed by atoms with E-state index in [2.05, 4.69) is 6.92 Å². The molecule has 0 saturated heterocycles. The molecule has 0 aromatic heterocycles. The first-order chi connectivity index (χ1) is 7.68. The van der Waals surface area contributed by atoms with Gasteiger partial charge in [0.25, 0.3) is 0 Å². The molecule has 3 heteroatoms. The average Bonchev–Trinajstić information content (AvgIpc) is 2.24. The third kappa shape index (κ3) is 7.71. The summed E-state index contributed by atoms with van der Waals surface area (Å²) in [7, 11) is 0. The summed E-state index contributed by atoms with van der Waals surface area (Å²) in [6.07, 6.45) is 6.57. The van der Waals surface area contributed by atoms with Gasteiger partial charge in [-0.15, -0.1) is 0 Å². The number of allylic oxidation sites excluding steroid dienone is 1. The Labute approximate surface area is 99.8 Å². The van der Waals surface area contributed by atoms with Crippen LogP contribution in [0.4, 0.5) is 0 Å². The molecule has 0 aromatic carbocycles. The number of hydrogen-bond acceptors (Lipinski definition) is 3. The van der Waals surface area contributed by atoms with Gasteiger partial charge in [0.05, 0.1) is 12.9 Å². The van der Waals surface area contributed by atoms with E-state index in [0.717, 1.165) is 19.3 Å². The molecule has 0 N–H and O–H groups in total. The Hall–Kier alpha value is -0.540. The fourth-order valence-electron chi connectivity index (χ4n) is 1.51. The lowest BCUT2D eigenvalue weighted by molar-refractivity contribution is -0.225. The number of rotatable bonds is 10. The van der Waals surface area contributed by atoms with Crippen molar-refractivity contribution in [3.8, 4) is 0 Å². The normalized spacial score (nSPS) is 12.2. The molecule has 0 aliphatic heterocycles. The minimum atomic E-state index is -0.457. The zero-order chi connectivity index (χ0) is 12.3. The van der Waals surface area contributed by atoms with Gasteiger partial charge in [0.1, 0.15) is 0 Å². The van der Waals surface area contributed by atoms with E-state index in [1.165, 1.54) is 0 Å². The van der Waals surface area contributed by atoms with Crippen molar-refractivity contribution in [2.24, 2.45) is 0 Å². The van der Waals surface area contributed by atoms with Crippen LogP contribution in [0.5, 0.6) is 0 Å². The molecule has 3 nitrogen and oxygen atoms in total. The molecule has 16 heavy (non-hydrogen) atoms. The van der Waals surface area contributed by atoms with Gasteiger partial charge in [-0.05, 0) is 33.6 Å². The zero-order valence-corrected chi connectivity index (χ0v) is 11.1. The van der Waals surface area contributed by atoms with E-state index in [9.17, 15) is 0 Å². The summed E-state index contributed by atoms with van der Waals surface area (Å²) in [5.74, 6) is -0.457. The van der Waals surface area contributed by atoms with Gasteiger partial charge in [-0.2, -0.15) is 0 Å². The van der Waals surface area contributed by atoms with Crippen LogP contribution in [0.2, 0.25) is 0 Å². The Morgan fingerprint density at radius 3 is 2.19 bits per heavy atom. The van der Waals surface area contributed by atoms with Crippen LogP contribution in [0.25, 0.3) is 0 Å². The third-order valence-electron chi connectivity index (χ3n) is 2.22. The Balaban J connectivity index is 3.71. The fraction of sp³-hybridized carbons (Fsp3) is 0.846. The van der Waals surface area contributed by atoms with Crippen molar-refractivity contribution in [2.45, 2.75) is 52.7 Å². The largest absolute Gasteiger partial charge is 0.502 e. The number of hydrogen-bond donors (Lipinski definition) is 0. The van der Waals surface area contributed by atoms with E-state index < -0.39 is 5.79 Å². The van der Waals surface area contributed by atoms with Gasteiger partial charge in [-0.25, -0.2) is 0 Å². The highest BCUT2D eigenvalue weighted by atomic mass is 16.7. The Morgan fingerprint density at radius 1 is 1.06 bits per heavy atom. The molecule has 0 aliphatic rings. The van der Waals surface area contributed by atoms with Crippen LogP contribution in [0.3, 0.4) is 0 Å². The van der Waals surface area contributed by atoms with Crippen LogP contribution in [-0.2, 0) is 14.2 Å². The first-order valence-electron chi connectivity index (χ1n) is 6.23. The lowest BCUT2D eigenvalue weighted by Crippen LogP contribution is -2.32. The van der Waals surface area contributed by atoms with Crippen molar-refractivity contribution in [3.05, 3.63) is 12.3 Å². The van der Waals surface area contributed by atoms with Crippen LogP contribution in [0.1, 0.15) is 47.0 Å². The van der Waals surface area contributed by atoms with Crippen molar-refractivity contribution < 1.29 is 14.2 Å². The lowest BCUT2D eigenvalue weighted by Gasteiger charge is -2.29. The topological polar surface area (TPSA) is 27.7 Å². The van der Waals surface area contributed by atoms with E-state index >= 15 is 0 Å². The second-order valence-electron chi connectivity index (χ2n) is 3.75. The summed E-state index contributed by atoms with van der Waals surface area (Å²) in [5, 5.41) is 0. The zero-order valence-electron chi connectivity index (χ0n) is 11.1. The molecule has 0 atom stereocenters. The minimum absolute atomic E-state index is 0.457. The van der Waals surface area contributed by atoms with Gasteiger partial charge >= 0.3 is 0 Å². The summed E-state index contributed by atoms with van der Waals surface area (Å²) in [5.41, 5.74) is 0. The van der Waals surface area contributed by atoms with Crippen molar-refractivity contribution in [2.75, 3.05) is 19.8 Å². The quantitative estimate of drug-likeness (QED) is 0.326. The summed E-state index contributed by atoms with van der Waals surface area (Å²) in [6, 6.07) is 0. The summed E-state index contributed by atoms with van der Waals surface area (Å²) in [4.78, 5) is 0. The van der Waals surface area contributed by atoms with E-state index in [-0.39, 0.29) is 0 Å². The Bertz CT molecular complexity index is 172. The van der Waals surface area contributed by atoms with Crippen LogP contribution in [0, 0.1) is 0 Å². The summed E-state index contributed by atoms with van der Waals surface area (Å²) < 4.78 is 16.5. The molecule has 0 aromatic rings. The minimum Gasteiger partial charge on any atom is -0.502 e. The molecule has 96 valence electrons. The van der Waals surface area contributed by atoms with Crippen LogP contribution < -0.4 is 0 Å². The molecule has 0 heterocycles. The predicted octanol–water partition coefficient (Wildman–Crippen LogP) is 3.50. The standard InChI is InChI=1S/C13H26O3/c1-5-8-11-14-12-9-10-13(4,15-6-2)16-7-3/h8,11H,5-7,9-10,12H2,1-4H3. The third-order valence-corrected chi connectivity index (χ3v) is 2.22. The van der Waals surface area contributed by atoms with Crippen molar-refractivity contribution in [3.63, 3.8) is 0 Å². The average molecular weight is 230 g/mol. The van der Waals surface area contributed by atoms with Gasteiger partial charge in [-0.3, -0.25) is 0 Å². The maximum atomic E-state index is 5.60. The first kappa shape index (κ1) is 15.5. The van der Waals surface area contributed by atoms with E-state index in [4.69, 9.17) is 14.2 Å². The SMILES string of the molecule is CCC=COCCCC(C)(OCC)OCC. The van der Waals surface area contributed by atoms with Gasteiger partial charge in [0.2, 0.25) is 0 Å². The highest BCUT2D eigenvalue weighted by molar-refractivity contribution is 4.70. The highest BCUT2D eigenvalue weighted by Gasteiger charge is 2.23. The second-order valence-corrected chi connectivity index (χ2v) is 3.75. The fourth-order valence-corrected chi connectivity index (χ4v) is 1.51. The van der Waals surface area contributed by atoms with Crippen LogP contribution >= 0.6 is 0 Å². The van der Waals surface area contributed by atoms with Gasteiger partial charge in [-0.1, -0.05) is 13.0 Å². The van der Waals surface area contributed by atoms with Crippen molar-refractivity contribution in [1.29, 1.82) is 0 Å². The van der Waals surface area contributed by atoms with E-state index in [0.29, 0.717) is 19.8 Å². The van der Waals surface area contributed by atoms with Gasteiger partial charge < -0.3 is 14.2 Å². The molecule has 0 aliphatic carbocycles. The van der Waals surface area contributed by atoms with Gasteiger partial charge in [0, 0.05) is 19.6 Å². The maximum Gasteiger partial charge on any atom is 0.165 e. The van der Waals surface area contributed by atoms with Crippen LogP contribution in [-0.4, -0.2) is 25.6 Å². The lowest BCUT2D eigenvalue weighted by atomic mass is 10.1. The van der Waals surface area contributed by atoms with Crippen molar-refractivity contribution >= 4 is 0 Å². The Morgan fingerprint density at radius 2 is 1.69 bits per heavy atom. The summed E-state index contributed by atoms with van der Waals surface area (Å²) in [6.45, 7) is 10.1. The molecule has 0 unspecified atom stereocenters. The molecule has 0 fully saturated rings. The molecule has 0 radical (unpaired) electrons. The molecule has 0 rings (SSSR count). The molecule has 0 bridgehead atoms. The summed E-state index contributed by atoms with van der Waals surface area (Å²) >= 11 is 0. The van der Waals surface area contributed by atoms with E-state index in [1.807, 2.05) is 26.8 Å². The predicted molar refractivity (Wildman–Crippen MR) is 66.3 cm³/mol. The van der Waals surface area contributed by atoms with Crippen molar-refractivity contribution in [1.82, 2.24) is 0 Å². The molecular formula is C13H26O3. The highest BCUT2D eigenvalue weighted by Crippen LogP contribution is 2.19. The van der Waals surface area contributed by atoms with Crippen LogP contribution in [0.15, 0.2) is 12.3 Å². The molecular weight excluding hydrogens is 204 g/mol. The molecule has 0 amide bonds. The van der Waals surface area contributed by atoms with E-state index in [1.54, 1.807) is 6.26 Å². The second kappa shape index (κ2) is 9.67. The monoisotopic (exact) mass is 230 g/mol. The smallest absolute Gasteiger partial charge is 0.165 e. The number of ether oxygens (including phenoxy) is 3. The molecule has 0 saturated carbocycles. The first-order valence-corrected chi connectivity index (χ1v) is 6.23. The van der Waals surface area contributed by atoms with Gasteiger partial charge in [0.15, 0.2) is 5.79 Å².